The van der Waals surface area contributed by atoms with Gasteiger partial charge >= 0.3 is 0 Å². The molecule has 0 bridgehead atoms. The Hall–Kier alpha value is -12.8. The van der Waals surface area contributed by atoms with E-state index in [-0.39, 0.29) is 32.8 Å². The van der Waals surface area contributed by atoms with Crippen LogP contribution in [0.1, 0.15) is 125 Å². The molecule has 0 saturated heterocycles. The van der Waals surface area contributed by atoms with E-state index < -0.39 is 28.5 Å². The lowest BCUT2D eigenvalue weighted by atomic mass is 9.33. The highest BCUT2D eigenvalue weighted by Crippen LogP contribution is 2.56. The normalized spacial score (nSPS) is 13.9. The molecule has 2 aliphatic rings. The van der Waals surface area contributed by atoms with Crippen molar-refractivity contribution in [3.05, 3.63) is 397 Å². The van der Waals surface area contributed by atoms with Gasteiger partial charge in [-0.15, -0.1) is 0 Å². The van der Waals surface area contributed by atoms with Crippen molar-refractivity contribution in [2.75, 3.05) is 9.80 Å². The van der Waals surface area contributed by atoms with Crippen molar-refractivity contribution in [2.24, 2.45) is 0 Å². The van der Waals surface area contributed by atoms with Crippen molar-refractivity contribution in [2.45, 2.75) is 118 Å². The second-order valence-electron chi connectivity index (χ2n) is 36.9. The fraction of sp³-hybridized carbons (Fsp3) is 0.158. The highest BCUT2D eigenvalue weighted by Gasteiger charge is 2.47. The van der Waals surface area contributed by atoms with Crippen LogP contribution in [0.25, 0.3) is 94.3 Å². The van der Waals surface area contributed by atoms with Crippen molar-refractivity contribution >= 4 is 108 Å². The molecule has 0 aliphatic carbocycles. The number of rotatable bonds is 13. The average molecular weight is 1560 g/mol. The van der Waals surface area contributed by atoms with E-state index >= 15 is 0 Å². The smallest absolute Gasteiger partial charge is 0.252 e. The van der Waals surface area contributed by atoms with Gasteiger partial charge in [0.05, 0.1) is 22.4 Å². The Bertz CT molecular complexity index is 6680. The van der Waals surface area contributed by atoms with E-state index in [4.69, 9.17) is 8.22 Å². The summed E-state index contributed by atoms with van der Waals surface area (Å²) in [4.78, 5) is 5.30. The molecule has 0 N–H and O–H groups in total. The number of nitrogens with zero attached hydrogens (tertiary/aromatic N) is 3. The summed E-state index contributed by atoms with van der Waals surface area (Å²) in [5.41, 5.74) is 28.7. The first-order valence-corrected chi connectivity index (χ1v) is 44.0. The molecule has 0 amide bonds. The molecule has 5 heteroatoms. The second kappa shape index (κ2) is 29.4. The maximum absolute atomic E-state index is 8.80. The number of hydrogen-bond donors (Lipinski definition) is 0. The van der Waals surface area contributed by atoms with E-state index in [1.165, 1.54) is 43.0 Å². The standard InChI is InChI=1S/C114H102BN3Si/c1-75-50-59-102-98(62-75)99-63-76(2)51-60-103(99)116(102)89-55-58-100-105(74-89)118(110-96(80-40-26-17-27-41-80)72-88(114(12,13)14)73-97(110)81-42-28-18-29-43-81)107-68-84(83-64-85(111(3,4)5)69-86(65-83)112(6,7)8)67-106-108(107)115(100)101-66-82(77-52-56-93(57-53-77)119(90-44-30-19-31-45-90,91-46-32-20-33-47-91)92-48-34-21-35-49-92)54-61-104(101)117(106)109-94(78-36-22-15-23-37-78)70-87(113(9,10)11)71-95(109)79-38-24-16-25-39-79/h15-74H,1-14H3/i1D3,2D3. The van der Waals surface area contributed by atoms with Gasteiger partial charge in [0.2, 0.25) is 0 Å². The molecule has 580 valence electrons. The second-order valence-corrected chi connectivity index (χ2v) is 40.7. The van der Waals surface area contributed by atoms with Gasteiger partial charge in [-0.3, -0.25) is 0 Å². The van der Waals surface area contributed by atoms with E-state index in [0.717, 1.165) is 134 Å². The summed E-state index contributed by atoms with van der Waals surface area (Å²) in [5.74, 6) is 0. The summed E-state index contributed by atoms with van der Waals surface area (Å²) < 4.78 is 55.0. The minimum Gasteiger partial charge on any atom is -0.310 e. The van der Waals surface area contributed by atoms with Crippen LogP contribution in [-0.4, -0.2) is 19.4 Å². The third kappa shape index (κ3) is 13.4. The van der Waals surface area contributed by atoms with Gasteiger partial charge in [0.15, 0.2) is 8.07 Å². The molecule has 17 aromatic rings. The Labute approximate surface area is 714 Å². The van der Waals surface area contributed by atoms with Gasteiger partial charge in [-0.1, -0.05) is 379 Å². The molecule has 3 nitrogen and oxygen atoms in total. The van der Waals surface area contributed by atoms with Crippen LogP contribution in [0.5, 0.6) is 0 Å². The van der Waals surface area contributed by atoms with E-state index in [2.05, 4.69) is 425 Å². The molecule has 0 unspecified atom stereocenters. The first-order chi connectivity index (χ1) is 59.8. The molecule has 0 spiro atoms. The highest BCUT2D eigenvalue weighted by atomic mass is 28.3. The van der Waals surface area contributed by atoms with Crippen molar-refractivity contribution in [1.29, 1.82) is 0 Å². The Morgan fingerprint density at radius 1 is 0.261 bits per heavy atom. The van der Waals surface area contributed by atoms with E-state index in [1.807, 2.05) is 12.1 Å². The fourth-order valence-electron chi connectivity index (χ4n) is 18.9. The number of benzene rings is 16. The van der Waals surface area contributed by atoms with Crippen LogP contribution in [0.3, 0.4) is 0 Å². The third-order valence-electron chi connectivity index (χ3n) is 25.1. The van der Waals surface area contributed by atoms with Crippen LogP contribution >= 0.6 is 0 Å². The predicted molar refractivity (Wildman–Crippen MR) is 515 cm³/mol. The largest absolute Gasteiger partial charge is 0.310 e. The monoisotopic (exact) mass is 1560 g/mol. The molecule has 16 aromatic carbocycles. The molecule has 1 aromatic heterocycles. The number of aromatic nitrogens is 1. The lowest BCUT2D eigenvalue weighted by molar-refractivity contribution is 0.569. The molecule has 2 aliphatic heterocycles. The summed E-state index contributed by atoms with van der Waals surface area (Å²) >= 11 is 0. The van der Waals surface area contributed by atoms with Gasteiger partial charge in [-0.2, -0.15) is 0 Å². The number of anilines is 6. The van der Waals surface area contributed by atoms with Gasteiger partial charge < -0.3 is 14.4 Å². The van der Waals surface area contributed by atoms with Crippen LogP contribution in [0.2, 0.25) is 0 Å². The molecule has 19 rings (SSSR count). The zero-order chi connectivity index (χ0) is 87.0. The maximum atomic E-state index is 8.80. The minimum atomic E-state index is -2.96. The van der Waals surface area contributed by atoms with E-state index in [1.54, 1.807) is 24.3 Å². The molecule has 0 radical (unpaired) electrons. The topological polar surface area (TPSA) is 11.4 Å². The van der Waals surface area contributed by atoms with Crippen molar-refractivity contribution < 1.29 is 8.22 Å². The Morgan fingerprint density at radius 2 is 0.613 bits per heavy atom. The molecule has 0 saturated carbocycles. The zero-order valence-electron chi connectivity index (χ0n) is 76.1. The summed E-state index contributed by atoms with van der Waals surface area (Å²) in [5, 5.41) is 6.49. The number of fused-ring (bicyclic) bond motifs is 7. The minimum absolute atomic E-state index is 0.171. The molecular formula is C114H102BN3Si. The number of aryl methyl sites for hydroxylation is 2. The Kier molecular flexibility index (Phi) is 17.1. The summed E-state index contributed by atoms with van der Waals surface area (Å²) in [7, 11) is -2.96. The first-order valence-electron chi connectivity index (χ1n) is 45.0. The fourth-order valence-corrected chi connectivity index (χ4v) is 23.6. The molecular weight excluding hydrogens is 1450 g/mol. The molecule has 0 fully saturated rings. The van der Waals surface area contributed by atoms with E-state index in [0.29, 0.717) is 10.8 Å². The Balaban J connectivity index is 0.998. The highest BCUT2D eigenvalue weighted by molar-refractivity contribution is 7.20. The summed E-state index contributed by atoms with van der Waals surface area (Å²) in [6.07, 6.45) is 0. The Morgan fingerprint density at radius 3 is 1.00 bits per heavy atom. The van der Waals surface area contributed by atoms with Crippen LogP contribution in [-0.2, 0) is 21.7 Å². The van der Waals surface area contributed by atoms with Crippen molar-refractivity contribution in [3.63, 3.8) is 0 Å². The van der Waals surface area contributed by atoms with Crippen LogP contribution < -0.4 is 46.9 Å². The van der Waals surface area contributed by atoms with E-state index in [9.17, 15) is 0 Å². The van der Waals surface area contributed by atoms with Crippen LogP contribution in [0, 0.1) is 13.7 Å². The van der Waals surface area contributed by atoms with Crippen molar-refractivity contribution in [1.82, 2.24) is 4.57 Å². The van der Waals surface area contributed by atoms with Gasteiger partial charge in [0.1, 0.15) is 0 Å². The number of hydrogen-bond acceptors (Lipinski definition) is 2. The van der Waals surface area contributed by atoms with Gasteiger partial charge in [-0.05, 0) is 218 Å². The summed E-state index contributed by atoms with van der Waals surface area (Å²) in [6.45, 7) is 22.6. The van der Waals surface area contributed by atoms with Crippen LogP contribution in [0.4, 0.5) is 34.1 Å². The third-order valence-corrected chi connectivity index (χ3v) is 29.9. The molecule has 3 heterocycles. The maximum Gasteiger partial charge on any atom is 0.252 e. The SMILES string of the molecule is [2H]C([2H])([2H])c1ccc2c(c1)c1cc(C([2H])([2H])[2H])ccc1n2-c1ccc2c(c1)N(c1c(-c3ccccc3)cc(C(C)(C)C)cc1-c1ccccc1)c1cc(-c3cc(C(C)(C)C)cc(C(C)(C)C)c3)cc3c1B2c1cc(-c2ccc([Si](c4ccccc4)(c4ccccc4)c4ccccc4)cc2)ccc1N3c1c(-c2ccccc2)cc(C(C)(C)C)cc1-c1ccccc1. The zero-order valence-corrected chi connectivity index (χ0v) is 71.1. The lowest BCUT2D eigenvalue weighted by Crippen LogP contribution is -2.74. The summed E-state index contributed by atoms with van der Waals surface area (Å²) in [6, 6.07) is 134. The van der Waals surface area contributed by atoms with Crippen molar-refractivity contribution in [3.8, 4) is 72.4 Å². The van der Waals surface area contributed by atoms with Gasteiger partial charge in [-0.25, -0.2) is 0 Å². The lowest BCUT2D eigenvalue weighted by Gasteiger charge is -2.46. The first kappa shape index (κ1) is 69.3. The molecule has 119 heavy (non-hydrogen) atoms. The van der Waals surface area contributed by atoms with Gasteiger partial charge in [0, 0.05) is 69.7 Å². The predicted octanol–water partition coefficient (Wildman–Crippen LogP) is 26.1. The average Bonchev–Trinajstić information content (AvgIpc) is 1.17. The van der Waals surface area contributed by atoms with Crippen LogP contribution in [0.15, 0.2) is 364 Å². The quantitative estimate of drug-likeness (QED) is 0.0842. The molecule has 0 atom stereocenters. The van der Waals surface area contributed by atoms with Gasteiger partial charge in [0.25, 0.3) is 6.71 Å².